The van der Waals surface area contributed by atoms with Crippen LogP contribution >= 0.6 is 0 Å². The Labute approximate surface area is 135 Å². The third kappa shape index (κ3) is 6.35. The molecule has 2 atom stereocenters. The van der Waals surface area contributed by atoms with E-state index < -0.39 is 35.1 Å². The Morgan fingerprint density at radius 3 is 2.52 bits per heavy atom. The summed E-state index contributed by atoms with van der Waals surface area (Å²) in [7, 11) is 0. The lowest BCUT2D eigenvalue weighted by Gasteiger charge is -2.27. The molecule has 1 saturated heterocycles. The Kier molecular flexibility index (Phi) is 6.68. The van der Waals surface area contributed by atoms with Crippen LogP contribution in [0.1, 0.15) is 40.0 Å². The lowest BCUT2D eigenvalue weighted by molar-refractivity contribution is -0.141. The molecule has 0 spiro atoms. The molecule has 1 aliphatic heterocycles. The summed E-state index contributed by atoms with van der Waals surface area (Å²) in [6.45, 7) is 5.57. The molecule has 0 aromatic rings. The van der Waals surface area contributed by atoms with Gasteiger partial charge in [-0.15, -0.1) is 0 Å². The Morgan fingerprint density at radius 1 is 1.35 bits per heavy atom. The van der Waals surface area contributed by atoms with Crippen LogP contribution in [0.15, 0.2) is 0 Å². The molecule has 0 radical (unpaired) electrons. The molecule has 5 N–H and O–H groups in total. The smallest absolute Gasteiger partial charge is 0.290 e. The highest BCUT2D eigenvalue weighted by Crippen LogP contribution is 2.18. The molecule has 0 aromatic carbocycles. The average Bonchev–Trinajstić information content (AvgIpc) is 2.46. The molecular weight excluding hydrogens is 300 g/mol. The first-order valence-corrected chi connectivity index (χ1v) is 7.77. The molecule has 8 nitrogen and oxygen atoms in total. The predicted molar refractivity (Wildman–Crippen MR) is 84.2 cm³/mol. The van der Waals surface area contributed by atoms with Gasteiger partial charge in [0.15, 0.2) is 0 Å². The van der Waals surface area contributed by atoms with Crippen molar-refractivity contribution < 1.29 is 19.2 Å². The summed E-state index contributed by atoms with van der Waals surface area (Å²) in [6.07, 6.45) is 1.51. The minimum Gasteiger partial charge on any atom is -0.356 e. The summed E-state index contributed by atoms with van der Waals surface area (Å²) in [6, 6.07) is -1.05. The number of nitrogens with two attached hydrogens (primary N) is 1. The van der Waals surface area contributed by atoms with Crippen LogP contribution in [0.2, 0.25) is 0 Å². The van der Waals surface area contributed by atoms with Crippen molar-refractivity contribution in [1.82, 2.24) is 16.0 Å². The summed E-state index contributed by atoms with van der Waals surface area (Å²) < 4.78 is 0. The molecule has 130 valence electrons. The molecule has 1 rings (SSSR count). The van der Waals surface area contributed by atoms with Gasteiger partial charge in [-0.2, -0.15) is 0 Å². The number of carbonyl (C=O) groups is 4. The van der Waals surface area contributed by atoms with Gasteiger partial charge in [-0.3, -0.25) is 19.2 Å². The van der Waals surface area contributed by atoms with E-state index in [-0.39, 0.29) is 18.9 Å². The van der Waals surface area contributed by atoms with Gasteiger partial charge < -0.3 is 21.7 Å². The largest absolute Gasteiger partial charge is 0.356 e. The first kappa shape index (κ1) is 19.1. The van der Waals surface area contributed by atoms with E-state index in [1.54, 1.807) is 20.8 Å². The van der Waals surface area contributed by atoms with Crippen molar-refractivity contribution in [1.29, 1.82) is 0 Å². The van der Waals surface area contributed by atoms with E-state index in [1.807, 2.05) is 0 Å². The zero-order valence-corrected chi connectivity index (χ0v) is 13.9. The van der Waals surface area contributed by atoms with E-state index in [1.165, 1.54) is 0 Å². The molecule has 0 unspecified atom stereocenters. The summed E-state index contributed by atoms with van der Waals surface area (Å²) >= 11 is 0. The molecule has 0 bridgehead atoms. The standard InChI is InChI=1S/C15H26N4O4/c1-15(2,3)19-14(23)12(21)10(18-11(20)8-16)7-9-5-4-6-17-13(9)22/h9-10H,4-8,16H2,1-3H3,(H,17,22)(H,18,20)(H,19,23)/t9-,10-/m0/s1. The monoisotopic (exact) mass is 326 g/mol. The number of hydrogen-bond acceptors (Lipinski definition) is 5. The summed E-state index contributed by atoms with van der Waals surface area (Å²) in [4.78, 5) is 47.8. The molecule has 0 aromatic heterocycles. The number of ketones is 1. The molecule has 1 aliphatic rings. The van der Waals surface area contributed by atoms with Gasteiger partial charge in [0, 0.05) is 18.0 Å². The van der Waals surface area contributed by atoms with E-state index in [9.17, 15) is 19.2 Å². The Balaban J connectivity index is 2.82. The molecular formula is C15H26N4O4. The molecule has 0 saturated carbocycles. The van der Waals surface area contributed by atoms with Crippen LogP contribution in [-0.2, 0) is 19.2 Å². The summed E-state index contributed by atoms with van der Waals surface area (Å²) in [5, 5.41) is 7.74. The maximum absolute atomic E-state index is 12.4. The molecule has 8 heteroatoms. The van der Waals surface area contributed by atoms with Crippen molar-refractivity contribution >= 4 is 23.5 Å². The van der Waals surface area contributed by atoms with Crippen molar-refractivity contribution in [3.63, 3.8) is 0 Å². The maximum atomic E-state index is 12.4. The van der Waals surface area contributed by atoms with Crippen LogP contribution in [0.4, 0.5) is 0 Å². The van der Waals surface area contributed by atoms with Crippen LogP contribution in [-0.4, -0.2) is 48.2 Å². The van der Waals surface area contributed by atoms with Gasteiger partial charge in [-0.1, -0.05) is 0 Å². The second-order valence-electron chi connectivity index (χ2n) is 6.76. The van der Waals surface area contributed by atoms with Crippen LogP contribution in [0.5, 0.6) is 0 Å². The maximum Gasteiger partial charge on any atom is 0.290 e. The molecule has 0 aliphatic carbocycles. The van der Waals surface area contributed by atoms with E-state index in [0.29, 0.717) is 13.0 Å². The van der Waals surface area contributed by atoms with Crippen LogP contribution < -0.4 is 21.7 Å². The molecule has 23 heavy (non-hydrogen) atoms. The van der Waals surface area contributed by atoms with E-state index in [0.717, 1.165) is 6.42 Å². The van der Waals surface area contributed by atoms with Gasteiger partial charge in [-0.05, 0) is 40.0 Å². The second-order valence-corrected chi connectivity index (χ2v) is 6.76. The Hall–Kier alpha value is -1.96. The van der Waals surface area contributed by atoms with E-state index in [2.05, 4.69) is 16.0 Å². The number of amides is 3. The van der Waals surface area contributed by atoms with Crippen LogP contribution in [0, 0.1) is 5.92 Å². The summed E-state index contributed by atoms with van der Waals surface area (Å²) in [5.41, 5.74) is 4.68. The van der Waals surface area contributed by atoms with Gasteiger partial charge >= 0.3 is 0 Å². The molecule has 1 fully saturated rings. The van der Waals surface area contributed by atoms with Crippen LogP contribution in [0.25, 0.3) is 0 Å². The van der Waals surface area contributed by atoms with Gasteiger partial charge in [0.05, 0.1) is 12.6 Å². The normalized spacial score (nSPS) is 19.5. The van der Waals surface area contributed by atoms with Gasteiger partial charge in [0.2, 0.25) is 17.6 Å². The quantitative estimate of drug-likeness (QED) is 0.457. The lowest BCUT2D eigenvalue weighted by Crippen LogP contribution is -2.54. The first-order chi connectivity index (χ1) is 10.6. The first-order valence-electron chi connectivity index (χ1n) is 7.77. The number of rotatable bonds is 6. The minimum atomic E-state index is -1.05. The zero-order chi connectivity index (χ0) is 17.6. The Bertz CT molecular complexity index is 484. The SMILES string of the molecule is CC(C)(C)NC(=O)C(=O)[C@H](C[C@@H]1CCCNC1=O)NC(=O)CN. The number of hydrogen-bond donors (Lipinski definition) is 4. The number of Topliss-reactive ketones (excluding diaryl/α,β-unsaturated/α-hetero) is 1. The van der Waals surface area contributed by atoms with Crippen LogP contribution in [0.3, 0.4) is 0 Å². The van der Waals surface area contributed by atoms with Crippen molar-refractivity contribution in [3.05, 3.63) is 0 Å². The number of nitrogens with one attached hydrogen (secondary N) is 3. The number of piperidine rings is 1. The third-order valence-corrected chi connectivity index (χ3v) is 3.47. The highest BCUT2D eigenvalue weighted by molar-refractivity contribution is 6.38. The van der Waals surface area contributed by atoms with E-state index >= 15 is 0 Å². The van der Waals surface area contributed by atoms with Gasteiger partial charge in [0.1, 0.15) is 0 Å². The minimum absolute atomic E-state index is 0.0912. The highest BCUT2D eigenvalue weighted by atomic mass is 16.2. The van der Waals surface area contributed by atoms with Gasteiger partial charge in [0.25, 0.3) is 5.91 Å². The Morgan fingerprint density at radius 2 is 2.00 bits per heavy atom. The van der Waals surface area contributed by atoms with Crippen molar-refractivity contribution in [2.45, 2.75) is 51.6 Å². The highest BCUT2D eigenvalue weighted by Gasteiger charge is 2.33. The fourth-order valence-electron chi connectivity index (χ4n) is 2.39. The average molecular weight is 326 g/mol. The molecule has 1 heterocycles. The van der Waals surface area contributed by atoms with Gasteiger partial charge in [-0.25, -0.2) is 0 Å². The topological polar surface area (TPSA) is 130 Å². The fourth-order valence-corrected chi connectivity index (χ4v) is 2.39. The zero-order valence-electron chi connectivity index (χ0n) is 13.9. The second kappa shape index (κ2) is 8.05. The van der Waals surface area contributed by atoms with Crippen molar-refractivity contribution in [2.24, 2.45) is 11.7 Å². The third-order valence-electron chi connectivity index (χ3n) is 3.47. The fraction of sp³-hybridized carbons (Fsp3) is 0.733. The van der Waals surface area contributed by atoms with Crippen molar-refractivity contribution in [3.8, 4) is 0 Å². The van der Waals surface area contributed by atoms with Crippen molar-refractivity contribution in [2.75, 3.05) is 13.1 Å². The summed E-state index contributed by atoms with van der Waals surface area (Å²) in [5.74, 6) is -2.65. The predicted octanol–water partition coefficient (Wildman–Crippen LogP) is -1.17. The lowest BCUT2D eigenvalue weighted by atomic mass is 9.89. The van der Waals surface area contributed by atoms with E-state index in [4.69, 9.17) is 5.73 Å². The molecule has 3 amide bonds. The number of carbonyl (C=O) groups excluding carboxylic acids is 4.